The molecule has 2 aromatic heterocycles. The monoisotopic (exact) mass is 772 g/mol. The van der Waals surface area contributed by atoms with Gasteiger partial charge in [-0.1, -0.05) is 18.2 Å². The van der Waals surface area contributed by atoms with Crippen LogP contribution in [0.1, 0.15) is 18.3 Å². The van der Waals surface area contributed by atoms with Crippen LogP contribution in [0.3, 0.4) is 0 Å². The van der Waals surface area contributed by atoms with Crippen LogP contribution in [-0.4, -0.2) is 111 Å². The highest BCUT2D eigenvalue weighted by atomic mass is 19.4. The maximum absolute atomic E-state index is 10.6. The summed E-state index contributed by atoms with van der Waals surface area (Å²) in [6.45, 7) is 2.18. The summed E-state index contributed by atoms with van der Waals surface area (Å²) in [4.78, 5) is 38.6. The van der Waals surface area contributed by atoms with E-state index in [0.29, 0.717) is 18.2 Å². The largest absolute Gasteiger partial charge is 0.490 e. The smallest absolute Gasteiger partial charge is 0.485 e. The summed E-state index contributed by atoms with van der Waals surface area (Å²) >= 11 is 0. The molecule has 53 heavy (non-hydrogen) atoms. The van der Waals surface area contributed by atoms with E-state index in [4.69, 9.17) is 49.1 Å². The van der Waals surface area contributed by atoms with Crippen LogP contribution < -0.4 is 14.8 Å². The lowest BCUT2D eigenvalue weighted by Gasteiger charge is -2.26. The summed E-state index contributed by atoms with van der Waals surface area (Å²) in [6.07, 6.45) is -10.9. The van der Waals surface area contributed by atoms with E-state index in [1.165, 1.54) is 0 Å². The quantitative estimate of drug-likeness (QED) is 0.112. The predicted octanol–water partition coefficient (Wildman–Crippen LogP) is 5.80. The lowest BCUT2D eigenvalue weighted by Crippen LogP contribution is -2.24. The predicted molar refractivity (Wildman–Crippen MR) is 165 cm³/mol. The van der Waals surface area contributed by atoms with Crippen LogP contribution in [0.4, 0.5) is 45.3 Å². The van der Waals surface area contributed by atoms with E-state index in [0.717, 1.165) is 53.1 Å². The van der Waals surface area contributed by atoms with Gasteiger partial charge in [-0.25, -0.2) is 24.4 Å². The zero-order valence-corrected chi connectivity index (χ0v) is 27.2. The standard InChI is InChI=1S/C24H26N6O2.3C2HF3O2/c1-30(2)11-5-10-25-23-18-12-16(17-13-26-27-14-17)8-9-19(18)28-24(29-23)22-15-31-20-6-3-4-7-21(20)32-22;3*3-2(4,5)1(6)7/h3-4,6-9,12-14,22H,5,10-11,15H2,1-2H3,(H,26,27)(H,25,28,29);3*(H,6,7). The summed E-state index contributed by atoms with van der Waals surface area (Å²) in [7, 11) is 4.15. The molecular weight excluding hydrogens is 743 g/mol. The number of hydrogen-bond acceptors (Lipinski definition) is 10. The molecule has 0 amide bonds. The summed E-state index contributed by atoms with van der Waals surface area (Å²) < 4.78 is 107. The van der Waals surface area contributed by atoms with Gasteiger partial charge in [-0.15, -0.1) is 0 Å². The molecule has 0 radical (unpaired) electrons. The van der Waals surface area contributed by atoms with Gasteiger partial charge in [-0.05, 0) is 56.9 Å². The van der Waals surface area contributed by atoms with Crippen molar-refractivity contribution in [3.8, 4) is 22.6 Å². The van der Waals surface area contributed by atoms with E-state index in [9.17, 15) is 39.5 Å². The Morgan fingerprint density at radius 2 is 1.40 bits per heavy atom. The average molecular weight is 773 g/mol. The van der Waals surface area contributed by atoms with Gasteiger partial charge in [-0.2, -0.15) is 44.6 Å². The Balaban J connectivity index is 0.000000379. The number of carboxylic acid groups (broad SMARTS) is 3. The molecule has 0 saturated carbocycles. The third-order valence-electron chi connectivity index (χ3n) is 6.14. The van der Waals surface area contributed by atoms with E-state index in [-0.39, 0.29) is 6.10 Å². The normalized spacial score (nSPS) is 13.7. The minimum absolute atomic E-state index is 0.370. The summed E-state index contributed by atoms with van der Waals surface area (Å²) in [5.74, 6) is -5.40. The SMILES string of the molecule is CN(C)CCCNc1nc(C2COc3ccccc3O2)nc2ccc(-c3cn[nH]c3)cc12.O=C(O)C(F)(F)F.O=C(O)C(F)(F)F.O=C(O)C(F)(F)F. The molecule has 14 nitrogen and oxygen atoms in total. The van der Waals surface area contributed by atoms with Crippen LogP contribution in [-0.2, 0) is 14.4 Å². The van der Waals surface area contributed by atoms with Crippen molar-refractivity contribution < 1.29 is 78.7 Å². The zero-order valence-electron chi connectivity index (χ0n) is 27.2. The number of aromatic amines is 1. The molecule has 1 atom stereocenters. The number of para-hydroxylation sites is 2. The molecule has 0 fully saturated rings. The molecular formula is C30H29F9N6O8. The number of ether oxygens (including phenoxy) is 2. The van der Waals surface area contributed by atoms with E-state index < -0.39 is 36.4 Å². The molecule has 4 aromatic rings. The van der Waals surface area contributed by atoms with Gasteiger partial charge in [-0.3, -0.25) is 5.10 Å². The third kappa shape index (κ3) is 14.3. The molecule has 0 aliphatic carbocycles. The fourth-order valence-corrected chi connectivity index (χ4v) is 3.76. The van der Waals surface area contributed by atoms with Gasteiger partial charge in [0.15, 0.2) is 23.4 Å². The number of fused-ring (bicyclic) bond motifs is 2. The minimum atomic E-state index is -5.08. The van der Waals surface area contributed by atoms with E-state index in [1.54, 1.807) is 0 Å². The Kier molecular flexibility index (Phi) is 15.2. The Bertz CT molecular complexity index is 1760. The number of halogens is 9. The molecule has 23 heteroatoms. The maximum atomic E-state index is 10.6. The topological polar surface area (TPSA) is 200 Å². The van der Waals surface area contributed by atoms with Crippen molar-refractivity contribution >= 4 is 34.6 Å². The van der Waals surface area contributed by atoms with Crippen molar-refractivity contribution in [2.24, 2.45) is 0 Å². The highest BCUT2D eigenvalue weighted by molar-refractivity contribution is 5.92. The second kappa shape index (κ2) is 18.6. The van der Waals surface area contributed by atoms with Gasteiger partial charge in [0.2, 0.25) is 0 Å². The first kappa shape index (κ1) is 43.3. The van der Waals surface area contributed by atoms with Crippen LogP contribution in [0.2, 0.25) is 0 Å². The number of nitrogens with one attached hydrogen (secondary N) is 2. The van der Waals surface area contributed by atoms with Gasteiger partial charge < -0.3 is 35.0 Å². The highest BCUT2D eigenvalue weighted by Crippen LogP contribution is 2.36. The van der Waals surface area contributed by atoms with Crippen LogP contribution in [0, 0.1) is 0 Å². The summed E-state index contributed by atoms with van der Waals surface area (Å²) in [5, 5.41) is 32.8. The van der Waals surface area contributed by atoms with Crippen LogP contribution in [0.5, 0.6) is 11.5 Å². The number of H-pyrrole nitrogens is 1. The molecule has 5 N–H and O–H groups in total. The molecule has 0 spiro atoms. The molecule has 0 bridgehead atoms. The number of alkyl halides is 9. The number of aromatic nitrogens is 4. The number of aliphatic carboxylic acids is 3. The first-order chi connectivity index (χ1) is 24.5. The maximum Gasteiger partial charge on any atom is 0.490 e. The first-order valence-electron chi connectivity index (χ1n) is 14.5. The van der Waals surface area contributed by atoms with Crippen molar-refractivity contribution in [1.29, 1.82) is 0 Å². The number of anilines is 1. The fourth-order valence-electron chi connectivity index (χ4n) is 3.76. The Morgan fingerprint density at radius 1 is 0.849 bits per heavy atom. The number of nitrogens with zero attached hydrogens (tertiary/aromatic N) is 4. The lowest BCUT2D eigenvalue weighted by atomic mass is 10.1. The molecule has 1 unspecified atom stereocenters. The van der Waals surface area contributed by atoms with Gasteiger partial charge in [0.1, 0.15) is 12.4 Å². The van der Waals surface area contributed by atoms with Gasteiger partial charge >= 0.3 is 36.4 Å². The van der Waals surface area contributed by atoms with Gasteiger partial charge in [0.25, 0.3) is 0 Å². The summed E-state index contributed by atoms with van der Waals surface area (Å²) in [5.41, 5.74) is 2.94. The Hall–Kier alpha value is -5.87. The molecule has 1 aliphatic heterocycles. The van der Waals surface area contributed by atoms with Gasteiger partial charge in [0.05, 0.1) is 11.7 Å². The first-order valence-corrected chi connectivity index (χ1v) is 14.5. The molecule has 0 saturated heterocycles. The lowest BCUT2D eigenvalue weighted by molar-refractivity contribution is -0.193. The molecule has 1 aliphatic rings. The molecule has 2 aromatic carbocycles. The highest BCUT2D eigenvalue weighted by Gasteiger charge is 2.39. The van der Waals surface area contributed by atoms with Crippen molar-refractivity contribution in [3.63, 3.8) is 0 Å². The van der Waals surface area contributed by atoms with Gasteiger partial charge in [0, 0.05) is 23.7 Å². The van der Waals surface area contributed by atoms with Crippen LogP contribution >= 0.6 is 0 Å². The molecule has 3 heterocycles. The average Bonchev–Trinajstić information content (AvgIpc) is 3.61. The van der Waals surface area contributed by atoms with Crippen molar-refractivity contribution in [2.75, 3.05) is 39.1 Å². The Morgan fingerprint density at radius 3 is 1.89 bits per heavy atom. The number of carboxylic acids is 3. The minimum Gasteiger partial charge on any atom is -0.485 e. The number of rotatable bonds is 7. The van der Waals surface area contributed by atoms with Crippen LogP contribution in [0.15, 0.2) is 54.9 Å². The van der Waals surface area contributed by atoms with E-state index in [1.807, 2.05) is 48.8 Å². The number of carbonyl (C=O) groups is 3. The number of hydrogen-bond donors (Lipinski definition) is 5. The van der Waals surface area contributed by atoms with Crippen molar-refractivity contribution in [3.05, 3.63) is 60.7 Å². The third-order valence-corrected chi connectivity index (χ3v) is 6.14. The number of benzene rings is 2. The van der Waals surface area contributed by atoms with E-state index >= 15 is 0 Å². The second-order valence-electron chi connectivity index (χ2n) is 10.5. The van der Waals surface area contributed by atoms with E-state index in [2.05, 4.69) is 40.6 Å². The molecule has 290 valence electrons. The fraction of sp³-hybridized carbons (Fsp3) is 0.333. The second-order valence-corrected chi connectivity index (χ2v) is 10.5. The van der Waals surface area contributed by atoms with Crippen molar-refractivity contribution in [1.82, 2.24) is 25.1 Å². The molecule has 5 rings (SSSR count). The summed E-state index contributed by atoms with van der Waals surface area (Å²) in [6, 6.07) is 13.8. The zero-order chi connectivity index (χ0) is 40.1. The van der Waals surface area contributed by atoms with Crippen LogP contribution in [0.25, 0.3) is 22.0 Å². The Labute approximate surface area is 292 Å². The van der Waals surface area contributed by atoms with Crippen molar-refractivity contribution in [2.45, 2.75) is 31.1 Å².